The third-order valence-corrected chi connectivity index (χ3v) is 3.99. The summed E-state index contributed by atoms with van der Waals surface area (Å²) in [5.41, 5.74) is 1.39. The molecule has 0 aliphatic carbocycles. The molecule has 0 fully saturated rings. The smallest absolute Gasteiger partial charge is 0.454 e. The molecule has 0 radical (unpaired) electrons. The van der Waals surface area contributed by atoms with Gasteiger partial charge in [-0.15, -0.1) is 13.2 Å². The van der Waals surface area contributed by atoms with Crippen molar-refractivity contribution in [3.63, 3.8) is 0 Å². The SMILES string of the molecule is O=C1CC(c2ccc(OC(F)(F)F)cc2)c2cc3c(cc2O1)OCO3. The monoisotopic (exact) mass is 352 g/mol. The van der Waals surface area contributed by atoms with E-state index in [0.29, 0.717) is 28.4 Å². The average molecular weight is 352 g/mol. The Morgan fingerprint density at radius 2 is 1.68 bits per heavy atom. The third-order valence-electron chi connectivity index (χ3n) is 3.99. The summed E-state index contributed by atoms with van der Waals surface area (Å²) in [5.74, 6) is 0.291. The van der Waals surface area contributed by atoms with E-state index in [-0.39, 0.29) is 24.9 Å². The number of alkyl halides is 3. The maximum atomic E-state index is 12.3. The number of esters is 1. The van der Waals surface area contributed by atoms with Crippen LogP contribution >= 0.6 is 0 Å². The summed E-state index contributed by atoms with van der Waals surface area (Å²) < 4.78 is 56.5. The van der Waals surface area contributed by atoms with Gasteiger partial charge in [-0.2, -0.15) is 0 Å². The zero-order valence-corrected chi connectivity index (χ0v) is 12.6. The zero-order chi connectivity index (χ0) is 17.6. The average Bonchev–Trinajstić information content (AvgIpc) is 2.98. The lowest BCUT2D eigenvalue weighted by Gasteiger charge is -2.25. The molecule has 2 aromatic rings. The minimum atomic E-state index is -4.75. The van der Waals surface area contributed by atoms with Crippen molar-refractivity contribution in [3.05, 3.63) is 47.5 Å². The maximum absolute atomic E-state index is 12.3. The van der Waals surface area contributed by atoms with Crippen LogP contribution in [0, 0.1) is 0 Å². The molecular weight excluding hydrogens is 341 g/mol. The molecule has 0 aromatic heterocycles. The first-order chi connectivity index (χ1) is 11.9. The van der Waals surface area contributed by atoms with E-state index in [1.807, 2.05) is 0 Å². The Kier molecular flexibility index (Phi) is 3.48. The number of hydrogen-bond donors (Lipinski definition) is 0. The molecule has 4 rings (SSSR count). The van der Waals surface area contributed by atoms with Gasteiger partial charge in [0.25, 0.3) is 0 Å². The van der Waals surface area contributed by atoms with Crippen molar-refractivity contribution in [3.8, 4) is 23.0 Å². The second-order valence-corrected chi connectivity index (χ2v) is 5.59. The van der Waals surface area contributed by atoms with Gasteiger partial charge in [-0.05, 0) is 23.8 Å². The minimum Gasteiger partial charge on any atom is -0.454 e. The predicted octanol–water partition coefficient (Wildman–Crippen LogP) is 3.75. The molecule has 0 saturated heterocycles. The van der Waals surface area contributed by atoms with Crippen molar-refractivity contribution in [1.82, 2.24) is 0 Å². The number of carbonyl (C=O) groups excluding carboxylic acids is 1. The van der Waals surface area contributed by atoms with Gasteiger partial charge in [0, 0.05) is 17.5 Å². The van der Waals surface area contributed by atoms with Gasteiger partial charge in [-0.25, -0.2) is 0 Å². The van der Waals surface area contributed by atoms with Crippen molar-refractivity contribution in [2.75, 3.05) is 6.79 Å². The first kappa shape index (κ1) is 15.6. The van der Waals surface area contributed by atoms with Crippen LogP contribution in [0.1, 0.15) is 23.5 Å². The second kappa shape index (κ2) is 5.58. The van der Waals surface area contributed by atoms with Gasteiger partial charge in [-0.3, -0.25) is 4.79 Å². The fourth-order valence-electron chi connectivity index (χ4n) is 2.94. The molecule has 1 unspecified atom stereocenters. The Balaban J connectivity index is 1.68. The van der Waals surface area contributed by atoms with Crippen LogP contribution < -0.4 is 18.9 Å². The van der Waals surface area contributed by atoms with E-state index in [4.69, 9.17) is 14.2 Å². The van der Waals surface area contributed by atoms with Gasteiger partial charge in [0.15, 0.2) is 11.5 Å². The van der Waals surface area contributed by atoms with E-state index in [2.05, 4.69) is 4.74 Å². The lowest BCUT2D eigenvalue weighted by molar-refractivity contribution is -0.274. The van der Waals surface area contributed by atoms with Gasteiger partial charge < -0.3 is 18.9 Å². The molecule has 0 saturated carbocycles. The van der Waals surface area contributed by atoms with Crippen LogP contribution in [0.15, 0.2) is 36.4 Å². The van der Waals surface area contributed by atoms with Gasteiger partial charge >= 0.3 is 12.3 Å². The number of hydrogen-bond acceptors (Lipinski definition) is 5. The third kappa shape index (κ3) is 3.07. The fourth-order valence-corrected chi connectivity index (χ4v) is 2.94. The number of fused-ring (bicyclic) bond motifs is 2. The van der Waals surface area contributed by atoms with Crippen LogP contribution in [0.3, 0.4) is 0 Å². The molecule has 0 N–H and O–H groups in total. The summed E-state index contributed by atoms with van der Waals surface area (Å²) in [7, 11) is 0. The molecule has 0 amide bonds. The van der Waals surface area contributed by atoms with Crippen LogP contribution in [0.4, 0.5) is 13.2 Å². The molecule has 2 heterocycles. The summed E-state index contributed by atoms with van der Waals surface area (Å²) in [4.78, 5) is 11.9. The van der Waals surface area contributed by atoms with Crippen LogP contribution in [0.5, 0.6) is 23.0 Å². The maximum Gasteiger partial charge on any atom is 0.573 e. The van der Waals surface area contributed by atoms with Crippen molar-refractivity contribution >= 4 is 5.97 Å². The number of benzene rings is 2. The molecule has 8 heteroatoms. The molecule has 25 heavy (non-hydrogen) atoms. The van der Waals surface area contributed by atoms with Gasteiger partial charge in [0.1, 0.15) is 11.5 Å². The molecule has 0 bridgehead atoms. The highest BCUT2D eigenvalue weighted by molar-refractivity contribution is 5.78. The molecule has 0 spiro atoms. The first-order valence-electron chi connectivity index (χ1n) is 7.39. The first-order valence-corrected chi connectivity index (χ1v) is 7.39. The topological polar surface area (TPSA) is 54.0 Å². The van der Waals surface area contributed by atoms with E-state index < -0.39 is 12.3 Å². The summed E-state index contributed by atoms with van der Waals surface area (Å²) in [6.07, 6.45) is -4.67. The largest absolute Gasteiger partial charge is 0.573 e. The Labute approximate surface area is 139 Å². The Morgan fingerprint density at radius 3 is 2.36 bits per heavy atom. The fraction of sp³-hybridized carbons (Fsp3) is 0.235. The van der Waals surface area contributed by atoms with Crippen molar-refractivity contribution < 1.29 is 36.9 Å². The van der Waals surface area contributed by atoms with Crippen LogP contribution in [0.25, 0.3) is 0 Å². The standard InChI is InChI=1S/C17H11F3O5/c18-17(19,20)25-10-3-1-9(2-4-10)11-6-16(21)24-13-7-15-14(5-12(11)13)22-8-23-15/h1-5,7,11H,6,8H2. The van der Waals surface area contributed by atoms with E-state index in [1.165, 1.54) is 24.3 Å². The van der Waals surface area contributed by atoms with Crippen LogP contribution in [-0.2, 0) is 4.79 Å². The summed E-state index contributed by atoms with van der Waals surface area (Å²) in [6, 6.07) is 8.75. The lowest BCUT2D eigenvalue weighted by atomic mass is 9.86. The highest BCUT2D eigenvalue weighted by Gasteiger charge is 2.33. The second-order valence-electron chi connectivity index (χ2n) is 5.59. The molecule has 1 atom stereocenters. The molecule has 2 aromatic carbocycles. The normalized spacial score (nSPS) is 18.5. The summed E-state index contributed by atoms with van der Waals surface area (Å²) >= 11 is 0. The molecule has 130 valence electrons. The van der Waals surface area contributed by atoms with Gasteiger partial charge in [-0.1, -0.05) is 12.1 Å². The van der Waals surface area contributed by atoms with Crippen LogP contribution in [-0.4, -0.2) is 19.1 Å². The van der Waals surface area contributed by atoms with E-state index in [9.17, 15) is 18.0 Å². The van der Waals surface area contributed by atoms with E-state index in [1.54, 1.807) is 12.1 Å². The molecular formula is C17H11F3O5. The highest BCUT2D eigenvalue weighted by Crippen LogP contribution is 2.46. The Hall–Kier alpha value is -2.90. The highest BCUT2D eigenvalue weighted by atomic mass is 19.4. The van der Waals surface area contributed by atoms with Crippen LogP contribution in [0.2, 0.25) is 0 Å². The number of carbonyl (C=O) groups is 1. The lowest BCUT2D eigenvalue weighted by Crippen LogP contribution is -2.21. The van der Waals surface area contributed by atoms with Gasteiger partial charge in [0.05, 0.1) is 6.42 Å². The van der Waals surface area contributed by atoms with Gasteiger partial charge in [0.2, 0.25) is 6.79 Å². The van der Waals surface area contributed by atoms with E-state index in [0.717, 1.165) is 0 Å². The quantitative estimate of drug-likeness (QED) is 0.609. The molecule has 2 aliphatic rings. The number of rotatable bonds is 2. The Morgan fingerprint density at radius 1 is 1.00 bits per heavy atom. The molecule has 5 nitrogen and oxygen atoms in total. The predicted molar refractivity (Wildman–Crippen MR) is 77.8 cm³/mol. The van der Waals surface area contributed by atoms with Crippen molar-refractivity contribution in [1.29, 1.82) is 0 Å². The van der Waals surface area contributed by atoms with E-state index >= 15 is 0 Å². The zero-order valence-electron chi connectivity index (χ0n) is 12.6. The number of ether oxygens (including phenoxy) is 4. The molecule has 2 aliphatic heterocycles. The summed E-state index contributed by atoms with van der Waals surface area (Å²) in [5, 5.41) is 0. The minimum absolute atomic E-state index is 0.0755. The Bertz CT molecular complexity index is 829. The van der Waals surface area contributed by atoms with Crippen molar-refractivity contribution in [2.24, 2.45) is 0 Å². The van der Waals surface area contributed by atoms with Crippen molar-refractivity contribution in [2.45, 2.75) is 18.7 Å². The number of halogens is 3. The summed E-state index contributed by atoms with van der Waals surface area (Å²) in [6.45, 7) is 0.0836.